The molecule has 0 saturated heterocycles. The SMILES string of the molecule is O=P(CC[Si-]12(Oc3ccccc3O1)Oc1ccccc1O2)(c1ccccc1)c1ccccc1. The first-order valence-electron chi connectivity index (χ1n) is 10.9. The molecular formula is C26H22O5PSi-. The fraction of sp³-hybridized carbons (Fsp3) is 0.0769. The zero-order valence-corrected chi connectivity index (χ0v) is 19.7. The van der Waals surface area contributed by atoms with Gasteiger partial charge in [-0.15, -0.1) is 0 Å². The van der Waals surface area contributed by atoms with Crippen LogP contribution in [0.25, 0.3) is 0 Å². The zero-order chi connectivity index (χ0) is 22.4. The van der Waals surface area contributed by atoms with Crippen LogP contribution in [-0.4, -0.2) is 14.5 Å². The first kappa shape index (κ1) is 20.2. The third-order valence-corrected chi connectivity index (χ3v) is 13.2. The van der Waals surface area contributed by atoms with Gasteiger partial charge in [0.1, 0.15) is 0 Å². The van der Waals surface area contributed by atoms with Crippen LogP contribution in [0.2, 0.25) is 6.04 Å². The zero-order valence-electron chi connectivity index (χ0n) is 17.8. The van der Waals surface area contributed by atoms with E-state index in [1.807, 2.05) is 109 Å². The second-order valence-electron chi connectivity index (χ2n) is 8.26. The van der Waals surface area contributed by atoms with Crippen LogP contribution in [0.5, 0.6) is 23.0 Å². The van der Waals surface area contributed by atoms with E-state index in [1.54, 1.807) is 0 Å². The summed E-state index contributed by atoms with van der Waals surface area (Å²) < 4.78 is 40.5. The summed E-state index contributed by atoms with van der Waals surface area (Å²) in [6, 6.07) is 34.3. The fourth-order valence-electron chi connectivity index (χ4n) is 4.50. The Morgan fingerprint density at radius 2 is 0.848 bits per heavy atom. The Labute approximate surface area is 192 Å². The molecular weight excluding hydrogens is 451 g/mol. The van der Waals surface area contributed by atoms with Crippen molar-refractivity contribution in [2.24, 2.45) is 0 Å². The molecule has 166 valence electrons. The molecule has 0 atom stereocenters. The Bertz CT molecular complexity index is 1220. The Hall–Kier alpha value is -3.47. The third kappa shape index (κ3) is 3.26. The van der Waals surface area contributed by atoms with E-state index in [-0.39, 0.29) is 12.2 Å². The molecule has 0 unspecified atom stereocenters. The van der Waals surface area contributed by atoms with Gasteiger partial charge in [0.25, 0.3) is 0 Å². The summed E-state index contributed by atoms with van der Waals surface area (Å²) in [7, 11) is -7.53. The van der Waals surface area contributed by atoms with Crippen molar-refractivity contribution in [1.82, 2.24) is 0 Å². The monoisotopic (exact) mass is 473 g/mol. The number of benzene rings is 4. The van der Waals surface area contributed by atoms with Crippen LogP contribution < -0.4 is 28.3 Å². The maximum absolute atomic E-state index is 14.7. The molecule has 4 aromatic carbocycles. The number of hydrogen-bond donors (Lipinski definition) is 0. The summed E-state index contributed by atoms with van der Waals surface area (Å²) in [5.41, 5.74) is 0. The third-order valence-electron chi connectivity index (χ3n) is 6.11. The molecule has 2 heterocycles. The molecule has 0 bridgehead atoms. The Morgan fingerprint density at radius 1 is 0.515 bits per heavy atom. The van der Waals surface area contributed by atoms with E-state index < -0.39 is 15.5 Å². The standard InChI is InChI=1S/C26H22O5PSi/c27-32(21-11-3-1-4-12-21,22-13-5-2-6-14-22)19-20-33(28-23-15-7-8-16-24(23)29-33)30-25-17-9-10-18-26(25)31-33/h1-18H,19-20H2/q-1. The summed E-state index contributed by atoms with van der Waals surface area (Å²) in [5, 5.41) is 1.57. The van der Waals surface area contributed by atoms with Gasteiger partial charge in [-0.05, 0) is 0 Å². The van der Waals surface area contributed by atoms with Gasteiger partial charge < -0.3 is 0 Å². The van der Waals surface area contributed by atoms with Crippen LogP contribution in [0, 0.1) is 0 Å². The summed E-state index contributed by atoms with van der Waals surface area (Å²) in [4.78, 5) is 0. The summed E-state index contributed by atoms with van der Waals surface area (Å²) in [5.74, 6) is 2.31. The first-order chi connectivity index (χ1) is 16.1. The summed E-state index contributed by atoms with van der Waals surface area (Å²) >= 11 is 0. The minimum absolute atomic E-state index is 0.227. The van der Waals surface area contributed by atoms with Gasteiger partial charge in [-0.3, -0.25) is 0 Å². The quantitative estimate of drug-likeness (QED) is 0.290. The molecule has 6 rings (SSSR count). The average Bonchev–Trinajstić information content (AvgIpc) is 3.37. The van der Waals surface area contributed by atoms with Crippen molar-refractivity contribution in [1.29, 1.82) is 0 Å². The molecule has 2 aliphatic heterocycles. The normalized spacial score (nSPS) is 17.9. The Balaban J connectivity index is 1.43. The topological polar surface area (TPSA) is 54.0 Å². The van der Waals surface area contributed by atoms with Gasteiger partial charge in [0, 0.05) is 0 Å². The second kappa shape index (κ2) is 7.27. The van der Waals surface area contributed by atoms with Gasteiger partial charge in [-0.2, -0.15) is 0 Å². The van der Waals surface area contributed by atoms with E-state index >= 15 is 0 Å². The molecule has 0 aromatic heterocycles. The summed E-state index contributed by atoms with van der Waals surface area (Å²) in [6.07, 6.45) is 0.275. The Kier molecular flexibility index (Phi) is 4.44. The van der Waals surface area contributed by atoms with E-state index in [9.17, 15) is 4.57 Å². The molecule has 1 spiro atoms. The second-order valence-corrected chi connectivity index (χ2v) is 14.7. The van der Waals surface area contributed by atoms with Crippen molar-refractivity contribution in [2.75, 3.05) is 6.16 Å². The van der Waals surface area contributed by atoms with Crippen molar-refractivity contribution in [3.05, 3.63) is 109 Å². The molecule has 0 fully saturated rings. The molecule has 0 aliphatic carbocycles. The maximum atomic E-state index is 14.7. The van der Waals surface area contributed by atoms with Crippen molar-refractivity contribution in [3.8, 4) is 23.0 Å². The predicted molar refractivity (Wildman–Crippen MR) is 131 cm³/mol. The molecule has 0 amide bonds. The van der Waals surface area contributed by atoms with Gasteiger partial charge in [-0.25, -0.2) is 0 Å². The van der Waals surface area contributed by atoms with E-state index in [4.69, 9.17) is 17.7 Å². The molecule has 2 aliphatic rings. The first-order valence-corrected chi connectivity index (χ1v) is 15.1. The fourth-order valence-corrected chi connectivity index (χ4v) is 12.4. The molecule has 33 heavy (non-hydrogen) atoms. The van der Waals surface area contributed by atoms with Crippen molar-refractivity contribution < 1.29 is 22.3 Å². The molecule has 0 N–H and O–H groups in total. The van der Waals surface area contributed by atoms with E-state index in [1.165, 1.54) is 0 Å². The van der Waals surface area contributed by atoms with Gasteiger partial charge >= 0.3 is 193 Å². The van der Waals surface area contributed by atoms with Crippen LogP contribution in [0.1, 0.15) is 0 Å². The summed E-state index contributed by atoms with van der Waals surface area (Å²) in [6.45, 7) is 0. The van der Waals surface area contributed by atoms with Crippen LogP contribution in [-0.2, 0) is 4.57 Å². The van der Waals surface area contributed by atoms with E-state index in [2.05, 4.69) is 0 Å². The van der Waals surface area contributed by atoms with Crippen molar-refractivity contribution in [3.63, 3.8) is 0 Å². The van der Waals surface area contributed by atoms with Crippen LogP contribution in [0.3, 0.4) is 0 Å². The minimum atomic E-state index is -4.50. The number of rotatable bonds is 5. The molecule has 5 nitrogen and oxygen atoms in total. The average molecular weight is 474 g/mol. The number of para-hydroxylation sites is 4. The number of fused-ring (bicyclic) bond motifs is 2. The van der Waals surface area contributed by atoms with Crippen molar-refractivity contribution in [2.45, 2.75) is 6.04 Å². The molecule has 4 aromatic rings. The van der Waals surface area contributed by atoms with Crippen LogP contribution in [0.15, 0.2) is 109 Å². The van der Waals surface area contributed by atoms with Crippen LogP contribution in [0.4, 0.5) is 0 Å². The van der Waals surface area contributed by atoms with Gasteiger partial charge in [0.15, 0.2) is 0 Å². The predicted octanol–water partition coefficient (Wildman–Crippen LogP) is 5.33. The van der Waals surface area contributed by atoms with E-state index in [0.29, 0.717) is 23.0 Å². The van der Waals surface area contributed by atoms with Crippen LogP contribution >= 0.6 is 7.14 Å². The van der Waals surface area contributed by atoms with Crippen molar-refractivity contribution >= 4 is 26.1 Å². The number of hydrogen-bond acceptors (Lipinski definition) is 5. The molecule has 0 saturated carbocycles. The molecule has 0 radical (unpaired) electrons. The molecule has 7 heteroatoms. The van der Waals surface area contributed by atoms with E-state index in [0.717, 1.165) is 10.6 Å². The van der Waals surface area contributed by atoms with Gasteiger partial charge in [0.2, 0.25) is 0 Å². The van der Waals surface area contributed by atoms with Gasteiger partial charge in [0.05, 0.1) is 0 Å². The van der Waals surface area contributed by atoms with Gasteiger partial charge in [-0.1, -0.05) is 0 Å². The Morgan fingerprint density at radius 3 is 1.21 bits per heavy atom.